The van der Waals surface area contributed by atoms with Crippen LogP contribution in [0.5, 0.6) is 0 Å². The van der Waals surface area contributed by atoms with Crippen LogP contribution >= 0.6 is 0 Å². The van der Waals surface area contributed by atoms with Crippen molar-refractivity contribution in [1.82, 2.24) is 10.1 Å². The molecule has 2 aromatic rings. The summed E-state index contributed by atoms with van der Waals surface area (Å²) in [7, 11) is 0. The minimum Gasteiger partial charge on any atom is -0.338 e. The standard InChI is InChI=1S/C16H22FN3O/c1-4-5-6-13(18)14-19-15(20-21-14)16(2,3)11-7-9-12(17)10-8-11/h7-10,13H,4-6,18H2,1-3H3. The molecule has 0 aliphatic rings. The van der Waals surface area contributed by atoms with Crippen LogP contribution in [0, 0.1) is 5.82 Å². The lowest BCUT2D eigenvalue weighted by atomic mass is 9.84. The van der Waals surface area contributed by atoms with Crippen molar-refractivity contribution in [1.29, 1.82) is 0 Å². The van der Waals surface area contributed by atoms with Gasteiger partial charge >= 0.3 is 0 Å². The number of nitrogens with two attached hydrogens (primary N) is 1. The van der Waals surface area contributed by atoms with Gasteiger partial charge in [0, 0.05) is 0 Å². The summed E-state index contributed by atoms with van der Waals surface area (Å²) in [5.74, 6) is 0.773. The molecule has 1 atom stereocenters. The van der Waals surface area contributed by atoms with Crippen LogP contribution in [0.15, 0.2) is 28.8 Å². The van der Waals surface area contributed by atoms with E-state index in [9.17, 15) is 4.39 Å². The first-order valence-electron chi connectivity index (χ1n) is 7.31. The van der Waals surface area contributed by atoms with Crippen LogP contribution in [0.4, 0.5) is 4.39 Å². The summed E-state index contributed by atoms with van der Waals surface area (Å²) in [5, 5.41) is 4.06. The number of hydrogen-bond acceptors (Lipinski definition) is 4. The molecule has 1 heterocycles. The van der Waals surface area contributed by atoms with Crippen molar-refractivity contribution < 1.29 is 8.91 Å². The molecule has 0 aliphatic heterocycles. The molecule has 0 aliphatic carbocycles. The topological polar surface area (TPSA) is 64.9 Å². The third-order valence-electron chi connectivity index (χ3n) is 3.75. The number of hydrogen-bond donors (Lipinski definition) is 1. The molecule has 21 heavy (non-hydrogen) atoms. The maximum Gasteiger partial charge on any atom is 0.243 e. The fraction of sp³-hybridized carbons (Fsp3) is 0.500. The molecule has 2 N–H and O–H groups in total. The quantitative estimate of drug-likeness (QED) is 0.880. The monoisotopic (exact) mass is 291 g/mol. The minimum absolute atomic E-state index is 0.227. The molecule has 0 radical (unpaired) electrons. The Labute approximate surface area is 124 Å². The Morgan fingerprint density at radius 1 is 1.29 bits per heavy atom. The molecule has 0 amide bonds. The maximum atomic E-state index is 13.0. The Balaban J connectivity index is 2.21. The van der Waals surface area contributed by atoms with Crippen molar-refractivity contribution in [2.45, 2.75) is 51.5 Å². The van der Waals surface area contributed by atoms with E-state index >= 15 is 0 Å². The van der Waals surface area contributed by atoms with E-state index in [2.05, 4.69) is 17.1 Å². The maximum absolute atomic E-state index is 13.0. The van der Waals surface area contributed by atoms with Gasteiger partial charge in [0.05, 0.1) is 11.5 Å². The summed E-state index contributed by atoms with van der Waals surface area (Å²) in [5.41, 5.74) is 6.52. The van der Waals surface area contributed by atoms with Crippen molar-refractivity contribution in [3.63, 3.8) is 0 Å². The molecule has 0 bridgehead atoms. The SMILES string of the molecule is CCCCC(N)c1nc(C(C)(C)c2ccc(F)cc2)no1. The van der Waals surface area contributed by atoms with Gasteiger partial charge in [-0.05, 0) is 38.0 Å². The summed E-state index contributed by atoms with van der Waals surface area (Å²) in [6.45, 7) is 6.07. The summed E-state index contributed by atoms with van der Waals surface area (Å²) in [4.78, 5) is 4.44. The van der Waals surface area contributed by atoms with E-state index in [1.165, 1.54) is 12.1 Å². The average molecular weight is 291 g/mol. The minimum atomic E-state index is -0.458. The van der Waals surface area contributed by atoms with E-state index in [4.69, 9.17) is 10.3 Å². The number of rotatable bonds is 6. The number of unbranched alkanes of at least 4 members (excludes halogenated alkanes) is 1. The molecular weight excluding hydrogens is 269 g/mol. The van der Waals surface area contributed by atoms with E-state index in [1.54, 1.807) is 12.1 Å². The summed E-state index contributed by atoms with van der Waals surface area (Å²) < 4.78 is 18.3. The highest BCUT2D eigenvalue weighted by molar-refractivity contribution is 5.30. The van der Waals surface area contributed by atoms with E-state index in [1.807, 2.05) is 13.8 Å². The Bertz CT molecular complexity index is 577. The number of halogens is 1. The first kappa shape index (κ1) is 15.6. The fourth-order valence-electron chi connectivity index (χ4n) is 2.18. The van der Waals surface area contributed by atoms with Gasteiger partial charge in [-0.2, -0.15) is 4.98 Å². The predicted molar refractivity (Wildman–Crippen MR) is 79.3 cm³/mol. The van der Waals surface area contributed by atoms with Crippen LogP contribution in [0.1, 0.15) is 63.4 Å². The normalized spacial score (nSPS) is 13.4. The molecule has 1 aromatic carbocycles. The lowest BCUT2D eigenvalue weighted by molar-refractivity contribution is 0.338. The molecule has 4 nitrogen and oxygen atoms in total. The van der Waals surface area contributed by atoms with Crippen LogP contribution < -0.4 is 5.73 Å². The van der Waals surface area contributed by atoms with Gasteiger partial charge < -0.3 is 10.3 Å². The van der Waals surface area contributed by atoms with Crippen LogP contribution in [0.2, 0.25) is 0 Å². The number of aromatic nitrogens is 2. The zero-order chi connectivity index (χ0) is 15.5. The van der Waals surface area contributed by atoms with Gasteiger partial charge in [-0.1, -0.05) is 37.1 Å². The van der Waals surface area contributed by atoms with E-state index < -0.39 is 5.41 Å². The first-order valence-corrected chi connectivity index (χ1v) is 7.31. The second-order valence-corrected chi connectivity index (χ2v) is 5.84. The lowest BCUT2D eigenvalue weighted by Crippen LogP contribution is -2.21. The van der Waals surface area contributed by atoms with Crippen molar-refractivity contribution in [3.8, 4) is 0 Å². The molecule has 0 saturated carbocycles. The van der Waals surface area contributed by atoms with E-state index in [0.717, 1.165) is 24.8 Å². The Morgan fingerprint density at radius 3 is 2.57 bits per heavy atom. The van der Waals surface area contributed by atoms with Crippen molar-refractivity contribution >= 4 is 0 Å². The van der Waals surface area contributed by atoms with Crippen LogP contribution in [-0.2, 0) is 5.41 Å². The first-order chi connectivity index (χ1) is 9.95. The highest BCUT2D eigenvalue weighted by Crippen LogP contribution is 2.30. The Morgan fingerprint density at radius 2 is 1.95 bits per heavy atom. The van der Waals surface area contributed by atoms with Crippen molar-refractivity contribution in [2.24, 2.45) is 5.73 Å². The zero-order valence-electron chi connectivity index (χ0n) is 12.8. The number of benzene rings is 1. The molecule has 0 spiro atoms. The lowest BCUT2D eigenvalue weighted by Gasteiger charge is -2.20. The molecule has 2 rings (SSSR count). The van der Waals surface area contributed by atoms with Crippen molar-refractivity contribution in [2.75, 3.05) is 0 Å². The van der Waals surface area contributed by atoms with Crippen LogP contribution in [0.25, 0.3) is 0 Å². The Hall–Kier alpha value is -1.75. The second-order valence-electron chi connectivity index (χ2n) is 5.84. The highest BCUT2D eigenvalue weighted by Gasteiger charge is 2.29. The molecule has 0 fully saturated rings. The molecule has 114 valence electrons. The van der Waals surface area contributed by atoms with Crippen molar-refractivity contribution in [3.05, 3.63) is 47.4 Å². The second kappa shape index (κ2) is 6.35. The van der Waals surface area contributed by atoms with Gasteiger partial charge in [0.25, 0.3) is 0 Å². The third-order valence-corrected chi connectivity index (χ3v) is 3.75. The van der Waals surface area contributed by atoms with Crippen LogP contribution in [-0.4, -0.2) is 10.1 Å². The molecular formula is C16H22FN3O. The van der Waals surface area contributed by atoms with Gasteiger partial charge in [-0.3, -0.25) is 0 Å². The molecule has 1 unspecified atom stereocenters. The summed E-state index contributed by atoms with van der Waals surface area (Å²) in [6, 6.07) is 6.12. The van der Waals surface area contributed by atoms with Gasteiger partial charge in [-0.15, -0.1) is 0 Å². The van der Waals surface area contributed by atoms with Crippen LogP contribution in [0.3, 0.4) is 0 Å². The number of nitrogens with zero attached hydrogens (tertiary/aromatic N) is 2. The zero-order valence-corrected chi connectivity index (χ0v) is 12.8. The highest BCUT2D eigenvalue weighted by atomic mass is 19.1. The molecule has 5 heteroatoms. The van der Waals surface area contributed by atoms with E-state index in [0.29, 0.717) is 11.7 Å². The smallest absolute Gasteiger partial charge is 0.243 e. The molecule has 1 aromatic heterocycles. The van der Waals surface area contributed by atoms with Gasteiger partial charge in [0.2, 0.25) is 5.89 Å². The third kappa shape index (κ3) is 3.47. The van der Waals surface area contributed by atoms with Gasteiger partial charge in [0.1, 0.15) is 5.82 Å². The average Bonchev–Trinajstić information content (AvgIpc) is 2.96. The predicted octanol–water partition coefficient (Wildman–Crippen LogP) is 3.72. The van der Waals surface area contributed by atoms with Gasteiger partial charge in [-0.25, -0.2) is 4.39 Å². The van der Waals surface area contributed by atoms with Gasteiger partial charge in [0.15, 0.2) is 5.82 Å². The Kier molecular flexibility index (Phi) is 4.73. The largest absolute Gasteiger partial charge is 0.338 e. The molecule has 0 saturated heterocycles. The summed E-state index contributed by atoms with van der Waals surface area (Å²) in [6.07, 6.45) is 2.94. The summed E-state index contributed by atoms with van der Waals surface area (Å²) >= 11 is 0. The van der Waals surface area contributed by atoms with E-state index in [-0.39, 0.29) is 11.9 Å². The fourth-order valence-corrected chi connectivity index (χ4v) is 2.18.